The second-order valence-corrected chi connectivity index (χ2v) is 8.61. The van der Waals surface area contributed by atoms with Crippen LogP contribution in [0, 0.1) is 11.3 Å². The summed E-state index contributed by atoms with van der Waals surface area (Å²) in [6, 6.07) is 16.4. The molecule has 0 spiro atoms. The van der Waals surface area contributed by atoms with Crippen molar-refractivity contribution in [1.82, 2.24) is 9.88 Å². The van der Waals surface area contributed by atoms with Crippen molar-refractivity contribution in [3.63, 3.8) is 0 Å². The Morgan fingerprint density at radius 3 is 2.52 bits per heavy atom. The maximum atomic E-state index is 12.6. The van der Waals surface area contributed by atoms with Crippen LogP contribution in [0.5, 0.6) is 0 Å². The van der Waals surface area contributed by atoms with Crippen molar-refractivity contribution in [3.8, 4) is 6.07 Å². The third-order valence-electron chi connectivity index (χ3n) is 5.33. The molecule has 3 heterocycles. The van der Waals surface area contributed by atoms with E-state index in [1.54, 1.807) is 48.7 Å². The number of amides is 2. The van der Waals surface area contributed by atoms with Gasteiger partial charge >= 0.3 is 0 Å². The molecule has 0 aliphatic carbocycles. The molecule has 168 valence electrons. The topological polar surface area (TPSA) is 101 Å². The van der Waals surface area contributed by atoms with Crippen LogP contribution in [-0.2, 0) is 4.79 Å². The summed E-state index contributed by atoms with van der Waals surface area (Å²) in [7, 11) is 0. The zero-order chi connectivity index (χ0) is 23.0. The fraction of sp³-hybridized carbons (Fsp3) is 0.250. The first-order chi connectivity index (χ1) is 16.1. The summed E-state index contributed by atoms with van der Waals surface area (Å²) in [5.41, 5.74) is 1.92. The van der Waals surface area contributed by atoms with Crippen molar-refractivity contribution in [1.29, 1.82) is 5.26 Å². The standard InChI is InChI=1S/C24H24N6O2S/c25-16-18-4-1-10-26-23(18)30-12-3-11-29(13-14-30)17-22(31)27-19-6-8-20(9-7-19)28-24(32)21-5-2-15-33-21/h1-2,4-10,15H,3,11-14,17H2,(H,27,31)(H,28,32). The highest BCUT2D eigenvalue weighted by molar-refractivity contribution is 7.12. The molecule has 1 fully saturated rings. The zero-order valence-corrected chi connectivity index (χ0v) is 18.8. The lowest BCUT2D eigenvalue weighted by Gasteiger charge is -2.23. The monoisotopic (exact) mass is 460 g/mol. The van der Waals surface area contributed by atoms with Crippen LogP contribution >= 0.6 is 11.3 Å². The predicted molar refractivity (Wildman–Crippen MR) is 130 cm³/mol. The highest BCUT2D eigenvalue weighted by atomic mass is 32.1. The molecule has 0 unspecified atom stereocenters. The Hall–Kier alpha value is -3.74. The first-order valence-corrected chi connectivity index (χ1v) is 11.6. The van der Waals surface area contributed by atoms with E-state index in [2.05, 4.69) is 31.5 Å². The Morgan fingerprint density at radius 1 is 1.00 bits per heavy atom. The largest absolute Gasteiger partial charge is 0.354 e. The lowest BCUT2D eigenvalue weighted by atomic mass is 10.2. The van der Waals surface area contributed by atoms with Gasteiger partial charge < -0.3 is 15.5 Å². The van der Waals surface area contributed by atoms with Crippen molar-refractivity contribution < 1.29 is 9.59 Å². The number of thiophene rings is 1. The molecule has 2 amide bonds. The smallest absolute Gasteiger partial charge is 0.265 e. The molecule has 1 aromatic carbocycles. The number of nitrogens with zero attached hydrogens (tertiary/aromatic N) is 4. The molecule has 0 saturated carbocycles. The van der Waals surface area contributed by atoms with Crippen LogP contribution in [-0.4, -0.2) is 54.4 Å². The SMILES string of the molecule is N#Cc1cccnc1N1CCCN(CC(=O)Nc2ccc(NC(=O)c3cccs3)cc2)CC1. The molecule has 8 nitrogen and oxygen atoms in total. The van der Waals surface area contributed by atoms with Gasteiger partial charge in [0.25, 0.3) is 5.91 Å². The number of anilines is 3. The van der Waals surface area contributed by atoms with E-state index in [0.717, 1.165) is 19.5 Å². The molecule has 2 N–H and O–H groups in total. The van der Waals surface area contributed by atoms with Gasteiger partial charge in [0.2, 0.25) is 5.91 Å². The Bertz CT molecular complexity index is 1140. The summed E-state index contributed by atoms with van der Waals surface area (Å²) in [5, 5.41) is 17.0. The summed E-state index contributed by atoms with van der Waals surface area (Å²) in [6.45, 7) is 3.30. The second kappa shape index (κ2) is 10.7. The first kappa shape index (κ1) is 22.5. The zero-order valence-electron chi connectivity index (χ0n) is 18.0. The van der Waals surface area contributed by atoms with E-state index in [0.29, 0.717) is 40.7 Å². The number of benzene rings is 1. The van der Waals surface area contributed by atoms with Crippen molar-refractivity contribution in [2.75, 3.05) is 48.3 Å². The Kier molecular flexibility index (Phi) is 7.29. The van der Waals surface area contributed by atoms with Crippen LogP contribution in [0.25, 0.3) is 0 Å². The number of carbonyl (C=O) groups excluding carboxylic acids is 2. The van der Waals surface area contributed by atoms with Gasteiger partial charge in [0, 0.05) is 43.8 Å². The number of pyridine rings is 1. The van der Waals surface area contributed by atoms with E-state index >= 15 is 0 Å². The average Bonchev–Trinajstić information content (AvgIpc) is 3.28. The van der Waals surface area contributed by atoms with Crippen LogP contribution in [0.2, 0.25) is 0 Å². The van der Waals surface area contributed by atoms with E-state index in [9.17, 15) is 14.9 Å². The van der Waals surface area contributed by atoms with Crippen LogP contribution in [0.4, 0.5) is 17.2 Å². The fourth-order valence-electron chi connectivity index (χ4n) is 3.72. The van der Waals surface area contributed by atoms with Gasteiger partial charge in [0.1, 0.15) is 11.9 Å². The van der Waals surface area contributed by atoms with Gasteiger partial charge in [0.15, 0.2) is 0 Å². The summed E-state index contributed by atoms with van der Waals surface area (Å²) in [4.78, 5) is 34.0. The number of aromatic nitrogens is 1. The molecular weight excluding hydrogens is 436 g/mol. The van der Waals surface area contributed by atoms with Gasteiger partial charge in [-0.25, -0.2) is 4.98 Å². The van der Waals surface area contributed by atoms with Crippen LogP contribution < -0.4 is 15.5 Å². The molecule has 1 aliphatic heterocycles. The third kappa shape index (κ3) is 5.94. The fourth-order valence-corrected chi connectivity index (χ4v) is 4.34. The molecule has 9 heteroatoms. The minimum atomic E-state index is -0.149. The Balaban J connectivity index is 1.27. The lowest BCUT2D eigenvalue weighted by Crippen LogP contribution is -2.36. The highest BCUT2D eigenvalue weighted by Crippen LogP contribution is 2.19. The average molecular weight is 461 g/mol. The predicted octanol–water partition coefficient (Wildman–Crippen LogP) is 3.42. The number of nitriles is 1. The molecule has 1 aliphatic rings. The van der Waals surface area contributed by atoms with Gasteiger partial charge in [0.05, 0.1) is 17.0 Å². The molecular formula is C24H24N6O2S. The van der Waals surface area contributed by atoms with Crippen molar-refractivity contribution >= 4 is 40.3 Å². The minimum absolute atomic E-state index is 0.0885. The van der Waals surface area contributed by atoms with Crippen LogP contribution in [0.15, 0.2) is 60.1 Å². The Morgan fingerprint density at radius 2 is 1.79 bits per heavy atom. The lowest BCUT2D eigenvalue weighted by molar-refractivity contribution is -0.117. The van der Waals surface area contributed by atoms with Crippen molar-refractivity contribution in [2.24, 2.45) is 0 Å². The third-order valence-corrected chi connectivity index (χ3v) is 6.20. The van der Waals surface area contributed by atoms with Crippen LogP contribution in [0.1, 0.15) is 21.7 Å². The Labute approximate surface area is 196 Å². The molecule has 2 aromatic heterocycles. The number of carbonyl (C=O) groups is 2. The van der Waals surface area contributed by atoms with Gasteiger partial charge in [-0.05, 0) is 54.3 Å². The second-order valence-electron chi connectivity index (χ2n) is 7.66. The van der Waals surface area contributed by atoms with Gasteiger partial charge in [-0.2, -0.15) is 5.26 Å². The maximum Gasteiger partial charge on any atom is 0.265 e. The summed E-state index contributed by atoms with van der Waals surface area (Å²) in [5.74, 6) is 0.469. The van der Waals surface area contributed by atoms with E-state index in [1.165, 1.54) is 11.3 Å². The summed E-state index contributed by atoms with van der Waals surface area (Å²) < 4.78 is 0. The molecule has 33 heavy (non-hydrogen) atoms. The van der Waals surface area contributed by atoms with E-state index in [-0.39, 0.29) is 18.4 Å². The normalized spacial score (nSPS) is 14.2. The quantitative estimate of drug-likeness (QED) is 0.585. The molecule has 3 aromatic rings. The summed E-state index contributed by atoms with van der Waals surface area (Å²) in [6.07, 6.45) is 2.58. The molecule has 4 rings (SSSR count). The van der Waals surface area contributed by atoms with Crippen LogP contribution in [0.3, 0.4) is 0 Å². The molecule has 0 bridgehead atoms. The molecule has 0 atom stereocenters. The van der Waals surface area contributed by atoms with E-state index < -0.39 is 0 Å². The van der Waals surface area contributed by atoms with Gasteiger partial charge in [-0.1, -0.05) is 6.07 Å². The maximum absolute atomic E-state index is 12.6. The molecule has 0 radical (unpaired) electrons. The first-order valence-electron chi connectivity index (χ1n) is 10.7. The van der Waals surface area contributed by atoms with E-state index in [1.807, 2.05) is 11.4 Å². The number of hydrogen-bond donors (Lipinski definition) is 2. The molecule has 1 saturated heterocycles. The van der Waals surface area contributed by atoms with Crippen molar-refractivity contribution in [2.45, 2.75) is 6.42 Å². The minimum Gasteiger partial charge on any atom is -0.354 e. The highest BCUT2D eigenvalue weighted by Gasteiger charge is 2.20. The number of nitrogens with one attached hydrogen (secondary N) is 2. The van der Waals surface area contributed by atoms with Crippen molar-refractivity contribution in [3.05, 3.63) is 70.5 Å². The van der Waals surface area contributed by atoms with Gasteiger partial charge in [-0.3, -0.25) is 14.5 Å². The van der Waals surface area contributed by atoms with Gasteiger partial charge in [-0.15, -0.1) is 11.3 Å². The number of rotatable bonds is 6. The van der Waals surface area contributed by atoms with E-state index in [4.69, 9.17) is 0 Å². The number of hydrogen-bond acceptors (Lipinski definition) is 7. The summed E-state index contributed by atoms with van der Waals surface area (Å²) >= 11 is 1.39.